The Hall–Kier alpha value is -1.08. The lowest BCUT2D eigenvalue weighted by atomic mass is 10.7. The minimum absolute atomic E-state index is 0.0887. The lowest BCUT2D eigenvalue weighted by Crippen LogP contribution is -2.14. The Morgan fingerprint density at radius 3 is 2.88 bits per heavy atom. The summed E-state index contributed by atoms with van der Waals surface area (Å²) < 4.78 is 9.86. The smallest absolute Gasteiger partial charge is 0.396 e. The number of thioether (sulfide) groups is 1. The quantitative estimate of drug-likeness (QED) is 0.544. The molecular weight excluding hydrogens is 230 g/mol. The van der Waals surface area contributed by atoms with Crippen molar-refractivity contribution in [3.63, 3.8) is 0 Å². The van der Waals surface area contributed by atoms with Crippen molar-refractivity contribution in [3.05, 3.63) is 5.89 Å². The molecule has 0 saturated heterocycles. The monoisotopic (exact) mass is 245 g/mol. The first-order chi connectivity index (χ1) is 7.63. The highest BCUT2D eigenvalue weighted by Gasteiger charge is 2.15. The summed E-state index contributed by atoms with van der Waals surface area (Å²) in [6.45, 7) is 2.92. The third kappa shape index (κ3) is 4.19. The second-order valence-electron chi connectivity index (χ2n) is 3.25. The van der Waals surface area contributed by atoms with Gasteiger partial charge in [-0.2, -0.15) is 0 Å². The van der Waals surface area contributed by atoms with Crippen molar-refractivity contribution in [3.8, 4) is 0 Å². The highest BCUT2D eigenvalue weighted by Crippen LogP contribution is 2.16. The van der Waals surface area contributed by atoms with E-state index < -0.39 is 5.97 Å². The third-order valence-corrected chi connectivity index (χ3v) is 2.42. The molecule has 0 atom stereocenters. The zero-order valence-corrected chi connectivity index (χ0v) is 10.4. The Morgan fingerprint density at radius 2 is 2.25 bits per heavy atom. The van der Waals surface area contributed by atoms with Gasteiger partial charge in [-0.25, -0.2) is 4.79 Å². The topological polar surface area (TPSA) is 68.5 Å². The van der Waals surface area contributed by atoms with E-state index in [4.69, 9.17) is 9.15 Å². The fraction of sp³-hybridized carbons (Fsp3) is 0.667. The van der Waals surface area contributed by atoms with E-state index >= 15 is 0 Å². The SMILES string of the molecule is CCOC(=O)c1nnc(SCCN(C)C)o1. The molecule has 0 N–H and O–H groups in total. The van der Waals surface area contributed by atoms with Crippen LogP contribution in [0.2, 0.25) is 0 Å². The van der Waals surface area contributed by atoms with Crippen LogP contribution in [-0.4, -0.2) is 54.1 Å². The van der Waals surface area contributed by atoms with Crippen LogP contribution in [0.4, 0.5) is 0 Å². The van der Waals surface area contributed by atoms with Crippen molar-refractivity contribution in [2.75, 3.05) is 33.0 Å². The van der Waals surface area contributed by atoms with Crippen LogP contribution in [0, 0.1) is 0 Å². The van der Waals surface area contributed by atoms with Gasteiger partial charge in [-0.1, -0.05) is 16.9 Å². The molecule has 1 heterocycles. The number of hydrogen-bond donors (Lipinski definition) is 0. The first-order valence-corrected chi connectivity index (χ1v) is 5.90. The first kappa shape index (κ1) is 13.0. The highest BCUT2D eigenvalue weighted by atomic mass is 32.2. The number of nitrogens with zero attached hydrogens (tertiary/aromatic N) is 3. The van der Waals surface area contributed by atoms with E-state index in [1.807, 2.05) is 14.1 Å². The lowest BCUT2D eigenvalue weighted by molar-refractivity contribution is 0.0475. The van der Waals surface area contributed by atoms with Crippen molar-refractivity contribution < 1.29 is 13.9 Å². The van der Waals surface area contributed by atoms with Gasteiger partial charge in [-0.05, 0) is 21.0 Å². The van der Waals surface area contributed by atoms with Gasteiger partial charge < -0.3 is 14.1 Å². The van der Waals surface area contributed by atoms with Crippen molar-refractivity contribution in [2.24, 2.45) is 0 Å². The van der Waals surface area contributed by atoms with E-state index in [1.165, 1.54) is 11.8 Å². The molecule has 0 aromatic carbocycles. The van der Waals surface area contributed by atoms with Crippen LogP contribution < -0.4 is 0 Å². The van der Waals surface area contributed by atoms with Crippen molar-refractivity contribution in [2.45, 2.75) is 12.1 Å². The molecule has 7 heteroatoms. The fourth-order valence-electron chi connectivity index (χ4n) is 0.859. The van der Waals surface area contributed by atoms with Crippen LogP contribution in [0.25, 0.3) is 0 Å². The molecule has 1 aromatic heterocycles. The summed E-state index contributed by atoms with van der Waals surface area (Å²) in [5.74, 6) is 0.168. The Labute approximate surface area is 98.3 Å². The molecule has 90 valence electrons. The molecular formula is C9H15N3O3S. The zero-order chi connectivity index (χ0) is 12.0. The maximum Gasteiger partial charge on any atom is 0.396 e. The predicted octanol–water partition coefficient (Wildman–Crippen LogP) is 0.900. The van der Waals surface area contributed by atoms with E-state index in [1.54, 1.807) is 6.92 Å². The van der Waals surface area contributed by atoms with Gasteiger partial charge in [0.25, 0.3) is 5.22 Å². The lowest BCUT2D eigenvalue weighted by Gasteiger charge is -2.06. The molecule has 0 spiro atoms. The summed E-state index contributed by atoms with van der Waals surface area (Å²) in [7, 11) is 3.97. The summed E-state index contributed by atoms with van der Waals surface area (Å²) in [5, 5.41) is 7.74. The van der Waals surface area contributed by atoms with Gasteiger partial charge in [0.2, 0.25) is 0 Å². The molecule has 0 unspecified atom stereocenters. The number of rotatable bonds is 6. The largest absolute Gasteiger partial charge is 0.459 e. The van der Waals surface area contributed by atoms with E-state index in [2.05, 4.69) is 15.1 Å². The Morgan fingerprint density at radius 1 is 1.50 bits per heavy atom. The molecule has 0 saturated carbocycles. The Bertz CT molecular complexity index is 340. The van der Waals surface area contributed by atoms with Crippen LogP contribution >= 0.6 is 11.8 Å². The maximum absolute atomic E-state index is 11.2. The number of carbonyl (C=O) groups excluding carboxylic acids is 1. The summed E-state index contributed by atoms with van der Waals surface area (Å²) in [6, 6.07) is 0. The molecule has 0 amide bonds. The molecule has 6 nitrogen and oxygen atoms in total. The number of esters is 1. The number of hydrogen-bond acceptors (Lipinski definition) is 7. The molecule has 0 radical (unpaired) electrons. The molecule has 1 rings (SSSR count). The molecule has 0 aliphatic carbocycles. The maximum atomic E-state index is 11.2. The number of aromatic nitrogens is 2. The Kier molecular flexibility index (Phi) is 5.27. The summed E-state index contributed by atoms with van der Waals surface area (Å²) in [5.41, 5.74) is 0. The second kappa shape index (κ2) is 6.49. The van der Waals surface area contributed by atoms with Crippen molar-refractivity contribution >= 4 is 17.7 Å². The molecule has 1 aromatic rings. The van der Waals surface area contributed by atoms with Gasteiger partial charge in [-0.3, -0.25) is 0 Å². The molecule has 16 heavy (non-hydrogen) atoms. The molecule has 0 aliphatic heterocycles. The average Bonchev–Trinajstić information content (AvgIpc) is 2.66. The fourth-order valence-corrected chi connectivity index (χ4v) is 1.73. The van der Waals surface area contributed by atoms with Crippen molar-refractivity contribution in [1.29, 1.82) is 0 Å². The zero-order valence-electron chi connectivity index (χ0n) is 9.60. The molecule has 0 bridgehead atoms. The first-order valence-electron chi connectivity index (χ1n) is 4.91. The number of ether oxygens (including phenoxy) is 1. The van der Waals surface area contributed by atoms with E-state index in [0.29, 0.717) is 11.8 Å². The van der Waals surface area contributed by atoms with E-state index in [9.17, 15) is 4.79 Å². The van der Waals surface area contributed by atoms with E-state index in [0.717, 1.165) is 12.3 Å². The van der Waals surface area contributed by atoms with Gasteiger partial charge in [0.1, 0.15) is 0 Å². The summed E-state index contributed by atoms with van der Waals surface area (Å²) in [6.07, 6.45) is 0. The van der Waals surface area contributed by atoms with Crippen molar-refractivity contribution in [1.82, 2.24) is 15.1 Å². The normalized spacial score (nSPS) is 10.8. The number of carbonyl (C=O) groups is 1. The van der Waals surface area contributed by atoms with Gasteiger partial charge in [0.15, 0.2) is 0 Å². The van der Waals surface area contributed by atoms with Gasteiger partial charge in [0, 0.05) is 12.3 Å². The Balaban J connectivity index is 2.42. The standard InChI is InChI=1S/C9H15N3O3S/c1-4-14-8(13)7-10-11-9(15-7)16-6-5-12(2)3/h4-6H2,1-3H3. The third-order valence-electron chi connectivity index (χ3n) is 1.62. The summed E-state index contributed by atoms with van der Waals surface area (Å²) >= 11 is 1.42. The van der Waals surface area contributed by atoms with Crippen LogP contribution in [0.5, 0.6) is 0 Å². The minimum atomic E-state index is -0.575. The average molecular weight is 245 g/mol. The summed E-state index contributed by atoms with van der Waals surface area (Å²) in [4.78, 5) is 13.3. The molecule has 0 fully saturated rings. The molecule has 0 aliphatic rings. The van der Waals surface area contributed by atoms with E-state index in [-0.39, 0.29) is 5.89 Å². The van der Waals surface area contributed by atoms with Crippen LogP contribution in [-0.2, 0) is 4.74 Å². The van der Waals surface area contributed by atoms with Crippen LogP contribution in [0.3, 0.4) is 0 Å². The van der Waals surface area contributed by atoms with Gasteiger partial charge >= 0.3 is 11.9 Å². The van der Waals surface area contributed by atoms with Gasteiger partial charge in [-0.15, -0.1) is 5.10 Å². The minimum Gasteiger partial charge on any atom is -0.459 e. The van der Waals surface area contributed by atoms with Crippen LogP contribution in [0.15, 0.2) is 9.64 Å². The predicted molar refractivity (Wildman–Crippen MR) is 59.5 cm³/mol. The highest BCUT2D eigenvalue weighted by molar-refractivity contribution is 7.99. The van der Waals surface area contributed by atoms with Gasteiger partial charge in [0.05, 0.1) is 6.61 Å². The second-order valence-corrected chi connectivity index (χ2v) is 4.29. The van der Waals surface area contributed by atoms with Crippen LogP contribution in [0.1, 0.15) is 17.6 Å².